The van der Waals surface area contributed by atoms with Crippen molar-refractivity contribution in [1.29, 1.82) is 0 Å². The molecule has 4 N–H and O–H groups in total. The van der Waals surface area contributed by atoms with Crippen LogP contribution in [0.15, 0.2) is 64.6 Å². The molecule has 0 bridgehead atoms. The minimum absolute atomic E-state index is 0.422. The molecule has 0 heterocycles. The van der Waals surface area contributed by atoms with Crippen LogP contribution in [0, 0.1) is 0 Å². The first-order valence-electron chi connectivity index (χ1n) is 8.89. The van der Waals surface area contributed by atoms with E-state index in [1.807, 2.05) is 42.5 Å². The lowest BCUT2D eigenvalue weighted by Crippen LogP contribution is -2.37. The SMILES string of the molecule is CN=C(CNCc1ccc(OC(C)(C)C(=O)O)cc1)N=C(N)c1ccccc1. The smallest absolute Gasteiger partial charge is 0.347 e. The Hall–Kier alpha value is -3.19. The van der Waals surface area contributed by atoms with Crippen LogP contribution in [0.4, 0.5) is 0 Å². The highest BCUT2D eigenvalue weighted by atomic mass is 16.5. The highest BCUT2D eigenvalue weighted by molar-refractivity contribution is 6.05. The third kappa shape index (κ3) is 6.21. The largest absolute Gasteiger partial charge is 0.478 e. The van der Waals surface area contributed by atoms with E-state index in [2.05, 4.69) is 15.3 Å². The van der Waals surface area contributed by atoms with E-state index >= 15 is 0 Å². The van der Waals surface area contributed by atoms with Crippen LogP contribution in [-0.2, 0) is 11.3 Å². The van der Waals surface area contributed by atoms with E-state index in [-0.39, 0.29) is 0 Å². The molecule has 0 aliphatic heterocycles. The van der Waals surface area contributed by atoms with Gasteiger partial charge in [0, 0.05) is 19.2 Å². The zero-order valence-corrected chi connectivity index (χ0v) is 16.3. The fraction of sp³-hybridized carbons (Fsp3) is 0.286. The highest BCUT2D eigenvalue weighted by Gasteiger charge is 2.29. The third-order valence-electron chi connectivity index (χ3n) is 4.00. The predicted octanol–water partition coefficient (Wildman–Crippen LogP) is 2.45. The number of benzene rings is 2. The fourth-order valence-electron chi connectivity index (χ4n) is 2.31. The molecular formula is C21H26N4O3. The number of carboxylic acid groups (broad SMARTS) is 1. The second kappa shape index (κ2) is 9.66. The standard InChI is InChI=1S/C21H26N4O3/c1-21(2,20(26)27)28-17-11-9-15(10-12-17)13-24-14-18(23-3)25-19(22)16-7-5-4-6-8-16/h4-12,24H,13-14H2,1-3H3,(H,26,27)(H2,22,23,25). The summed E-state index contributed by atoms with van der Waals surface area (Å²) in [5.74, 6) is 0.516. The average molecular weight is 382 g/mol. The monoisotopic (exact) mass is 382 g/mol. The zero-order valence-electron chi connectivity index (χ0n) is 16.3. The average Bonchev–Trinajstić information content (AvgIpc) is 2.68. The first kappa shape index (κ1) is 21.1. The molecule has 0 radical (unpaired) electrons. The second-order valence-corrected chi connectivity index (χ2v) is 6.67. The molecule has 0 aromatic heterocycles. The van der Waals surface area contributed by atoms with Crippen molar-refractivity contribution in [2.24, 2.45) is 15.7 Å². The summed E-state index contributed by atoms with van der Waals surface area (Å²) in [4.78, 5) is 19.7. The molecule has 0 aliphatic rings. The van der Waals surface area contributed by atoms with Gasteiger partial charge in [-0.3, -0.25) is 4.99 Å². The highest BCUT2D eigenvalue weighted by Crippen LogP contribution is 2.19. The molecule has 0 saturated heterocycles. The summed E-state index contributed by atoms with van der Waals surface area (Å²) in [6.07, 6.45) is 0. The van der Waals surface area contributed by atoms with Gasteiger partial charge in [-0.15, -0.1) is 0 Å². The van der Waals surface area contributed by atoms with Crippen LogP contribution in [0.25, 0.3) is 0 Å². The molecule has 2 aromatic carbocycles. The summed E-state index contributed by atoms with van der Waals surface area (Å²) in [6, 6.07) is 16.8. The molecule has 7 nitrogen and oxygen atoms in total. The molecule has 2 aromatic rings. The van der Waals surface area contributed by atoms with E-state index in [9.17, 15) is 4.79 Å². The minimum atomic E-state index is -1.27. The van der Waals surface area contributed by atoms with Gasteiger partial charge in [0.25, 0.3) is 0 Å². The van der Waals surface area contributed by atoms with Crippen molar-refractivity contribution in [2.75, 3.05) is 13.6 Å². The number of hydrogen-bond acceptors (Lipinski definition) is 4. The summed E-state index contributed by atoms with van der Waals surface area (Å²) < 4.78 is 5.49. The second-order valence-electron chi connectivity index (χ2n) is 6.67. The number of aliphatic imine (C=N–C) groups is 2. The molecule has 0 amide bonds. The Morgan fingerprint density at radius 3 is 2.36 bits per heavy atom. The molecule has 0 spiro atoms. The third-order valence-corrected chi connectivity index (χ3v) is 4.00. The van der Waals surface area contributed by atoms with Crippen LogP contribution in [-0.4, -0.2) is 41.9 Å². The molecule has 0 fully saturated rings. The van der Waals surface area contributed by atoms with E-state index in [0.717, 1.165) is 11.1 Å². The van der Waals surface area contributed by atoms with Crippen LogP contribution in [0.1, 0.15) is 25.0 Å². The van der Waals surface area contributed by atoms with Crippen molar-refractivity contribution in [2.45, 2.75) is 26.0 Å². The van der Waals surface area contributed by atoms with Gasteiger partial charge in [0.05, 0.1) is 6.54 Å². The van der Waals surface area contributed by atoms with Gasteiger partial charge in [-0.05, 0) is 31.5 Å². The van der Waals surface area contributed by atoms with E-state index in [4.69, 9.17) is 15.6 Å². The number of aliphatic carboxylic acids is 1. The summed E-state index contributed by atoms with van der Waals surface area (Å²) in [7, 11) is 1.68. The lowest BCUT2D eigenvalue weighted by Gasteiger charge is -2.21. The number of nitrogens with zero attached hydrogens (tertiary/aromatic N) is 2. The Morgan fingerprint density at radius 1 is 1.14 bits per heavy atom. The Morgan fingerprint density at radius 2 is 1.79 bits per heavy atom. The van der Waals surface area contributed by atoms with E-state index in [1.165, 1.54) is 13.8 Å². The number of hydrogen-bond donors (Lipinski definition) is 3. The van der Waals surface area contributed by atoms with E-state index in [0.29, 0.717) is 30.5 Å². The quantitative estimate of drug-likeness (QED) is 0.480. The number of amidine groups is 2. The summed E-state index contributed by atoms with van der Waals surface area (Å²) >= 11 is 0. The first-order chi connectivity index (χ1) is 13.3. The summed E-state index contributed by atoms with van der Waals surface area (Å²) in [5.41, 5.74) is 6.63. The van der Waals surface area contributed by atoms with Gasteiger partial charge in [-0.1, -0.05) is 42.5 Å². The molecular weight excluding hydrogens is 356 g/mol. The summed E-state index contributed by atoms with van der Waals surface area (Å²) in [6.45, 7) is 4.09. The molecule has 7 heteroatoms. The molecule has 0 aliphatic carbocycles. The van der Waals surface area contributed by atoms with Crippen molar-refractivity contribution in [3.05, 3.63) is 65.7 Å². The van der Waals surface area contributed by atoms with Crippen LogP contribution in [0.3, 0.4) is 0 Å². The number of nitrogens with one attached hydrogen (secondary N) is 1. The molecule has 148 valence electrons. The first-order valence-corrected chi connectivity index (χ1v) is 8.89. The van der Waals surface area contributed by atoms with Crippen LogP contribution in [0.2, 0.25) is 0 Å². The molecule has 0 atom stereocenters. The van der Waals surface area contributed by atoms with E-state index in [1.54, 1.807) is 19.2 Å². The fourth-order valence-corrected chi connectivity index (χ4v) is 2.31. The normalized spacial score (nSPS) is 12.7. The zero-order chi connectivity index (χ0) is 20.6. The van der Waals surface area contributed by atoms with Gasteiger partial charge in [0.1, 0.15) is 17.4 Å². The number of ether oxygens (including phenoxy) is 1. The molecule has 28 heavy (non-hydrogen) atoms. The number of nitrogens with two attached hydrogens (primary N) is 1. The molecule has 2 rings (SSSR count). The Labute approximate surface area is 165 Å². The lowest BCUT2D eigenvalue weighted by molar-refractivity contribution is -0.152. The topological polar surface area (TPSA) is 109 Å². The number of carboxylic acids is 1. The number of rotatable bonds is 8. The van der Waals surface area contributed by atoms with Gasteiger partial charge >= 0.3 is 5.97 Å². The van der Waals surface area contributed by atoms with Crippen molar-refractivity contribution >= 4 is 17.6 Å². The van der Waals surface area contributed by atoms with Gasteiger partial charge in [-0.2, -0.15) is 0 Å². The minimum Gasteiger partial charge on any atom is -0.478 e. The maximum absolute atomic E-state index is 11.1. The van der Waals surface area contributed by atoms with Crippen LogP contribution < -0.4 is 15.8 Å². The van der Waals surface area contributed by atoms with Gasteiger partial charge in [-0.25, -0.2) is 9.79 Å². The molecule has 0 unspecified atom stereocenters. The lowest BCUT2D eigenvalue weighted by atomic mass is 10.1. The summed E-state index contributed by atoms with van der Waals surface area (Å²) in [5, 5.41) is 12.4. The van der Waals surface area contributed by atoms with Crippen molar-refractivity contribution in [3.63, 3.8) is 0 Å². The van der Waals surface area contributed by atoms with Crippen molar-refractivity contribution in [1.82, 2.24) is 5.32 Å². The Kier molecular flexibility index (Phi) is 7.28. The maximum Gasteiger partial charge on any atom is 0.347 e. The molecule has 0 saturated carbocycles. The van der Waals surface area contributed by atoms with Crippen molar-refractivity contribution < 1.29 is 14.6 Å². The van der Waals surface area contributed by atoms with E-state index < -0.39 is 11.6 Å². The Balaban J connectivity index is 1.89. The van der Waals surface area contributed by atoms with Gasteiger partial charge < -0.3 is 20.9 Å². The Bertz CT molecular complexity index is 844. The number of carbonyl (C=O) groups is 1. The van der Waals surface area contributed by atoms with Crippen molar-refractivity contribution in [3.8, 4) is 5.75 Å². The predicted molar refractivity (Wildman–Crippen MR) is 111 cm³/mol. The van der Waals surface area contributed by atoms with Crippen LogP contribution >= 0.6 is 0 Å². The van der Waals surface area contributed by atoms with Crippen LogP contribution in [0.5, 0.6) is 5.75 Å². The van der Waals surface area contributed by atoms with Gasteiger partial charge in [0.15, 0.2) is 5.60 Å². The maximum atomic E-state index is 11.1. The van der Waals surface area contributed by atoms with Gasteiger partial charge in [0.2, 0.25) is 0 Å².